The van der Waals surface area contributed by atoms with E-state index in [1.165, 1.54) is 69.5 Å². The van der Waals surface area contributed by atoms with Gasteiger partial charge in [0.25, 0.3) is 0 Å². The van der Waals surface area contributed by atoms with Gasteiger partial charge in [0.2, 0.25) is 0 Å². The molecule has 47 heavy (non-hydrogen) atoms. The van der Waals surface area contributed by atoms with Crippen molar-refractivity contribution in [1.82, 2.24) is 0 Å². The van der Waals surface area contributed by atoms with Crippen molar-refractivity contribution in [3.8, 4) is 0 Å². The van der Waals surface area contributed by atoms with E-state index >= 15 is 0 Å². The van der Waals surface area contributed by atoms with Crippen LogP contribution in [-0.2, 0) is 36.7 Å². The Hall–Kier alpha value is -2.64. The van der Waals surface area contributed by atoms with Crippen LogP contribution in [0.2, 0.25) is 0 Å². The molecule has 0 spiro atoms. The van der Waals surface area contributed by atoms with Gasteiger partial charge in [0.1, 0.15) is 0 Å². The third-order valence-corrected chi connectivity index (χ3v) is 9.01. The van der Waals surface area contributed by atoms with Crippen molar-refractivity contribution < 1.29 is 25.8 Å². The molecule has 1 aliphatic rings. The molecule has 0 nitrogen and oxygen atoms in total. The smallest absolute Gasteiger partial charge is 0.501 e. The molecular weight excluding hydrogens is 731 g/mol. The summed E-state index contributed by atoms with van der Waals surface area (Å²) < 4.78 is 0. The van der Waals surface area contributed by atoms with Crippen LogP contribution in [0.25, 0.3) is 21.5 Å². The first-order valence-corrected chi connectivity index (χ1v) is 17.4. The van der Waals surface area contributed by atoms with Crippen LogP contribution in [0, 0.1) is 18.9 Å². The van der Waals surface area contributed by atoms with Gasteiger partial charge < -0.3 is 6.08 Å². The van der Waals surface area contributed by atoms with Crippen molar-refractivity contribution in [2.24, 2.45) is 5.92 Å². The summed E-state index contributed by atoms with van der Waals surface area (Å²) >= 11 is 0. The van der Waals surface area contributed by atoms with Gasteiger partial charge in [0, 0.05) is 0 Å². The van der Waals surface area contributed by atoms with Crippen LogP contribution in [0.3, 0.4) is 0 Å². The van der Waals surface area contributed by atoms with Crippen LogP contribution < -0.4 is 0 Å². The normalized spacial score (nSPS) is 13.3. The van der Waals surface area contributed by atoms with Gasteiger partial charge in [-0.1, -0.05) is 136 Å². The van der Waals surface area contributed by atoms with Crippen molar-refractivity contribution in [2.75, 3.05) is 0 Å². The van der Waals surface area contributed by atoms with Gasteiger partial charge in [-0.2, -0.15) is 48.7 Å². The average molecular weight is 791 g/mol. The van der Waals surface area contributed by atoms with E-state index in [-0.39, 0.29) is 36.7 Å². The molecule has 1 fully saturated rings. The molecule has 0 atom stereocenters. The van der Waals surface area contributed by atoms with Crippen molar-refractivity contribution in [1.29, 1.82) is 0 Å². The first-order chi connectivity index (χ1) is 21.6. The standard InChI is InChI=1S/C21H25.C13H19.C7H11.C5H5.Hf/c1-20(2,3)16-7-9-18-14(12-16)11-15-13-17(21(4,5)6)8-10-19(15)18;1-9(2)12-6-11(5)7-13(8-12)10(3)4;1-2-7-5-3-4-6-7;1-2-4-5-3-1;/h7-13H,1-6H3;6-10H,5H2,1-4H3;7H,1,3-6H2;1-5H;/q4*-1;+4. The third-order valence-electron chi connectivity index (χ3n) is 9.01. The second-order valence-electron chi connectivity index (χ2n) is 15.7. The SMILES string of the molecule is C=[C-]C1CCCC1.CC(C)(C)c1ccc2c(c1)[cH-]c1cc(C(C)(C)C)ccc12.[CH2-]c1cc(C(C)C)cc(C(C)C)c1.[Hf+4].c1cc[cH-]c1. The monoisotopic (exact) mass is 792 g/mol. The Labute approximate surface area is 307 Å². The Morgan fingerprint density at radius 3 is 1.43 bits per heavy atom. The van der Waals surface area contributed by atoms with Gasteiger partial charge in [-0.15, -0.1) is 50.9 Å². The molecule has 248 valence electrons. The number of allylic oxidation sites excluding steroid dienone is 1. The molecule has 0 aromatic heterocycles. The third kappa shape index (κ3) is 12.4. The fraction of sp³-hybridized carbons (Fsp3) is 0.413. The van der Waals surface area contributed by atoms with Gasteiger partial charge in [-0.3, -0.25) is 6.58 Å². The summed E-state index contributed by atoms with van der Waals surface area (Å²) in [6.07, 6.45) is 8.48. The molecule has 6 rings (SSSR count). The molecule has 1 aliphatic carbocycles. The average Bonchev–Trinajstić information content (AvgIpc) is 3.79. The minimum absolute atomic E-state index is 0. The maximum Gasteiger partial charge on any atom is 4.00 e. The van der Waals surface area contributed by atoms with Gasteiger partial charge in [-0.25, -0.2) is 12.1 Å². The molecule has 5 aromatic rings. The predicted molar refractivity (Wildman–Crippen MR) is 206 cm³/mol. The molecule has 0 saturated heterocycles. The quantitative estimate of drug-likeness (QED) is 0.126. The molecule has 1 saturated carbocycles. The van der Waals surface area contributed by atoms with Crippen LogP contribution in [0.1, 0.15) is 135 Å². The summed E-state index contributed by atoms with van der Waals surface area (Å²) in [6, 6.07) is 32.8. The molecular formula is C46H60Hf. The molecule has 0 unspecified atom stereocenters. The van der Waals surface area contributed by atoms with E-state index in [0.29, 0.717) is 11.8 Å². The van der Waals surface area contributed by atoms with E-state index in [0.717, 1.165) is 11.5 Å². The summed E-state index contributed by atoms with van der Waals surface area (Å²) in [4.78, 5) is 0. The fourth-order valence-corrected chi connectivity index (χ4v) is 5.82. The molecule has 0 bridgehead atoms. The van der Waals surface area contributed by atoms with Gasteiger partial charge in [0.05, 0.1) is 0 Å². The van der Waals surface area contributed by atoms with Crippen molar-refractivity contribution >= 4 is 21.5 Å². The topological polar surface area (TPSA) is 0 Å². The van der Waals surface area contributed by atoms with E-state index in [1.54, 1.807) is 0 Å². The Balaban J connectivity index is 0.000000250. The Bertz CT molecular complexity index is 1510. The van der Waals surface area contributed by atoms with Crippen molar-refractivity contribution in [3.05, 3.63) is 138 Å². The zero-order chi connectivity index (χ0) is 34.1. The van der Waals surface area contributed by atoms with Crippen molar-refractivity contribution in [2.45, 2.75) is 118 Å². The Morgan fingerprint density at radius 1 is 0.702 bits per heavy atom. The zero-order valence-corrected chi connectivity index (χ0v) is 34.7. The second-order valence-corrected chi connectivity index (χ2v) is 15.7. The van der Waals surface area contributed by atoms with Gasteiger partial charge in [0.15, 0.2) is 0 Å². The summed E-state index contributed by atoms with van der Waals surface area (Å²) in [5.74, 6) is 1.93. The minimum atomic E-state index is 0. The molecule has 0 amide bonds. The molecule has 0 N–H and O–H groups in total. The van der Waals surface area contributed by atoms with E-state index in [1.807, 2.05) is 30.3 Å². The van der Waals surface area contributed by atoms with Gasteiger partial charge in [-0.05, 0) is 22.7 Å². The molecule has 5 aromatic carbocycles. The number of hydrogen-bond donors (Lipinski definition) is 0. The maximum atomic E-state index is 4.01. The number of fused-ring (bicyclic) bond motifs is 3. The van der Waals surface area contributed by atoms with Crippen molar-refractivity contribution in [3.63, 3.8) is 0 Å². The van der Waals surface area contributed by atoms with E-state index < -0.39 is 0 Å². The first kappa shape index (κ1) is 40.5. The number of rotatable bonds is 3. The van der Waals surface area contributed by atoms with E-state index in [4.69, 9.17) is 0 Å². The Kier molecular flexibility index (Phi) is 15.7. The van der Waals surface area contributed by atoms with Crippen LogP contribution >= 0.6 is 0 Å². The molecule has 0 heterocycles. The Morgan fingerprint density at radius 2 is 1.13 bits per heavy atom. The number of hydrogen-bond acceptors (Lipinski definition) is 0. The predicted octanol–water partition coefficient (Wildman–Crippen LogP) is 14.0. The summed E-state index contributed by atoms with van der Waals surface area (Å²) in [5, 5.41) is 5.48. The molecule has 0 radical (unpaired) electrons. The van der Waals surface area contributed by atoms with E-state index in [9.17, 15) is 0 Å². The fourth-order valence-electron chi connectivity index (χ4n) is 5.82. The summed E-state index contributed by atoms with van der Waals surface area (Å²) in [7, 11) is 0. The molecule has 0 aliphatic heterocycles. The largest absolute Gasteiger partial charge is 4.00 e. The summed E-state index contributed by atoms with van der Waals surface area (Å²) in [5.41, 5.74) is 7.15. The summed E-state index contributed by atoms with van der Waals surface area (Å²) in [6.45, 7) is 30.1. The maximum absolute atomic E-state index is 4.01. The second kappa shape index (κ2) is 18.2. The zero-order valence-electron chi connectivity index (χ0n) is 31.1. The van der Waals surface area contributed by atoms with Crippen LogP contribution in [-0.4, -0.2) is 0 Å². The minimum Gasteiger partial charge on any atom is -0.501 e. The first-order valence-electron chi connectivity index (χ1n) is 17.4. The van der Waals surface area contributed by atoms with Crippen LogP contribution in [0.5, 0.6) is 0 Å². The van der Waals surface area contributed by atoms with Crippen LogP contribution in [0.15, 0.2) is 97.6 Å². The van der Waals surface area contributed by atoms with Gasteiger partial charge >= 0.3 is 25.8 Å². The van der Waals surface area contributed by atoms with E-state index in [2.05, 4.69) is 149 Å². The molecule has 1 heteroatoms. The van der Waals surface area contributed by atoms with Crippen LogP contribution in [0.4, 0.5) is 0 Å². The number of benzene rings is 3.